The van der Waals surface area contributed by atoms with Gasteiger partial charge in [-0.3, -0.25) is 4.90 Å². The molecule has 92 valence electrons. The van der Waals surface area contributed by atoms with Gasteiger partial charge in [0, 0.05) is 18.0 Å². The fraction of sp³-hybridized carbons (Fsp3) is 0.929. The summed E-state index contributed by atoms with van der Waals surface area (Å²) < 4.78 is 0. The van der Waals surface area contributed by atoms with Crippen LogP contribution < -0.4 is 0 Å². The molecule has 2 atom stereocenters. The maximum absolute atomic E-state index is 11.5. The molecule has 0 aromatic rings. The van der Waals surface area contributed by atoms with E-state index in [2.05, 4.69) is 18.7 Å². The van der Waals surface area contributed by atoms with Crippen LogP contribution in [-0.2, 0) is 4.79 Å². The fourth-order valence-corrected chi connectivity index (χ4v) is 3.33. The van der Waals surface area contributed by atoms with Gasteiger partial charge in [-0.05, 0) is 38.1 Å². The molecule has 0 saturated heterocycles. The lowest BCUT2D eigenvalue weighted by Crippen LogP contribution is -2.42. The van der Waals surface area contributed by atoms with Gasteiger partial charge in [-0.1, -0.05) is 26.7 Å². The van der Waals surface area contributed by atoms with E-state index in [1.54, 1.807) is 0 Å². The molecule has 2 saturated carbocycles. The van der Waals surface area contributed by atoms with Gasteiger partial charge in [0.15, 0.2) is 0 Å². The average Bonchev–Trinajstić information content (AvgIpc) is 3.10. The highest BCUT2D eigenvalue weighted by molar-refractivity contribution is 5.60. The molecule has 0 aromatic heterocycles. The Hall–Kier alpha value is -0.370. The van der Waals surface area contributed by atoms with Gasteiger partial charge in [0.25, 0.3) is 0 Å². The summed E-state index contributed by atoms with van der Waals surface area (Å²) in [7, 11) is 0. The second kappa shape index (κ2) is 4.87. The Bertz CT molecular complexity index is 249. The summed E-state index contributed by atoms with van der Waals surface area (Å²) in [6, 6.07) is 0.791. The molecule has 0 N–H and O–H groups in total. The molecular weight excluding hydrogens is 198 g/mol. The highest BCUT2D eigenvalue weighted by Gasteiger charge is 2.39. The molecule has 2 rings (SSSR count). The Morgan fingerprint density at radius 1 is 1.38 bits per heavy atom. The van der Waals surface area contributed by atoms with Crippen molar-refractivity contribution in [3.8, 4) is 0 Å². The summed E-state index contributed by atoms with van der Waals surface area (Å²) in [6.45, 7) is 6.64. The Balaban J connectivity index is 1.99. The second-order valence-corrected chi connectivity index (χ2v) is 5.98. The smallest absolute Gasteiger partial charge is 0.127 e. The first-order valence-corrected chi connectivity index (χ1v) is 6.89. The van der Waals surface area contributed by atoms with Crippen LogP contribution in [-0.4, -0.2) is 30.3 Å². The minimum absolute atomic E-state index is 0.0176. The van der Waals surface area contributed by atoms with Crippen LogP contribution in [0.5, 0.6) is 0 Å². The maximum Gasteiger partial charge on any atom is 0.127 e. The van der Waals surface area contributed by atoms with Crippen LogP contribution >= 0.6 is 0 Å². The number of rotatable bonds is 5. The minimum atomic E-state index is -0.0176. The molecule has 2 heteroatoms. The molecule has 2 fully saturated rings. The molecule has 2 aliphatic rings. The monoisotopic (exact) mass is 223 g/mol. The Labute approximate surface area is 99.4 Å². The van der Waals surface area contributed by atoms with E-state index in [-0.39, 0.29) is 5.41 Å². The van der Waals surface area contributed by atoms with Gasteiger partial charge in [0.05, 0.1) is 0 Å². The van der Waals surface area contributed by atoms with E-state index in [0.29, 0.717) is 0 Å². The van der Waals surface area contributed by atoms with Gasteiger partial charge >= 0.3 is 0 Å². The lowest BCUT2D eigenvalue weighted by molar-refractivity contribution is -0.120. The second-order valence-electron chi connectivity index (χ2n) is 5.98. The molecule has 0 spiro atoms. The van der Waals surface area contributed by atoms with Crippen LogP contribution in [0.1, 0.15) is 52.4 Å². The van der Waals surface area contributed by atoms with Crippen molar-refractivity contribution in [2.75, 3.05) is 13.1 Å². The zero-order chi connectivity index (χ0) is 11.6. The van der Waals surface area contributed by atoms with E-state index >= 15 is 0 Å². The van der Waals surface area contributed by atoms with Gasteiger partial charge in [-0.2, -0.15) is 0 Å². The first-order chi connectivity index (χ1) is 7.69. The van der Waals surface area contributed by atoms with Crippen molar-refractivity contribution in [2.45, 2.75) is 58.4 Å². The molecule has 16 heavy (non-hydrogen) atoms. The zero-order valence-electron chi connectivity index (χ0n) is 10.7. The quantitative estimate of drug-likeness (QED) is 0.668. The number of hydrogen-bond donors (Lipinski definition) is 0. The predicted molar refractivity (Wildman–Crippen MR) is 66.4 cm³/mol. The third kappa shape index (κ3) is 2.65. The number of carbonyl (C=O) groups excluding carboxylic acids is 1. The molecule has 2 unspecified atom stereocenters. The summed E-state index contributed by atoms with van der Waals surface area (Å²) in [4.78, 5) is 14.0. The van der Waals surface area contributed by atoms with Crippen LogP contribution in [0, 0.1) is 11.3 Å². The third-order valence-electron chi connectivity index (χ3n) is 4.36. The molecule has 0 heterocycles. The molecule has 0 amide bonds. The Kier molecular flexibility index (Phi) is 3.68. The highest BCUT2D eigenvalue weighted by Crippen LogP contribution is 2.40. The minimum Gasteiger partial charge on any atom is -0.303 e. The van der Waals surface area contributed by atoms with E-state index in [4.69, 9.17) is 0 Å². The van der Waals surface area contributed by atoms with Crippen LogP contribution in [0.4, 0.5) is 0 Å². The standard InChI is InChI=1S/C14H25NO/c1-3-15(13-6-7-13)10-14(11-16)8-4-5-12(2)9-14/h11-13H,3-10H2,1-2H3. The first-order valence-electron chi connectivity index (χ1n) is 6.89. The molecule has 0 radical (unpaired) electrons. The number of nitrogens with zero attached hydrogens (tertiary/aromatic N) is 1. The highest BCUT2D eigenvalue weighted by atomic mass is 16.1. The third-order valence-corrected chi connectivity index (χ3v) is 4.36. The summed E-state index contributed by atoms with van der Waals surface area (Å²) in [6.07, 6.45) is 8.74. The molecular formula is C14H25NO. The van der Waals surface area contributed by atoms with Crippen LogP contribution in [0.2, 0.25) is 0 Å². The average molecular weight is 223 g/mol. The van der Waals surface area contributed by atoms with Crippen molar-refractivity contribution >= 4 is 6.29 Å². The zero-order valence-corrected chi connectivity index (χ0v) is 10.7. The maximum atomic E-state index is 11.5. The summed E-state index contributed by atoms with van der Waals surface area (Å²) in [5.74, 6) is 0.733. The van der Waals surface area contributed by atoms with E-state index in [1.165, 1.54) is 32.0 Å². The van der Waals surface area contributed by atoms with E-state index in [1.807, 2.05) is 0 Å². The van der Waals surface area contributed by atoms with Gasteiger partial charge in [-0.25, -0.2) is 0 Å². The van der Waals surface area contributed by atoms with Gasteiger partial charge in [0.1, 0.15) is 6.29 Å². The number of hydrogen-bond acceptors (Lipinski definition) is 2. The van der Waals surface area contributed by atoms with Crippen molar-refractivity contribution < 1.29 is 4.79 Å². The summed E-state index contributed by atoms with van der Waals surface area (Å²) in [5, 5.41) is 0. The first kappa shape index (κ1) is 12.1. The fourth-order valence-electron chi connectivity index (χ4n) is 3.33. The summed E-state index contributed by atoms with van der Waals surface area (Å²) in [5.41, 5.74) is -0.0176. The molecule has 2 aliphatic carbocycles. The molecule has 0 aliphatic heterocycles. The molecule has 0 bridgehead atoms. The van der Waals surface area contributed by atoms with Crippen molar-refractivity contribution in [1.82, 2.24) is 4.90 Å². The van der Waals surface area contributed by atoms with Crippen LogP contribution in [0.3, 0.4) is 0 Å². The predicted octanol–water partition coefficient (Wildman–Crippen LogP) is 2.87. The topological polar surface area (TPSA) is 20.3 Å². The van der Waals surface area contributed by atoms with Crippen molar-refractivity contribution in [2.24, 2.45) is 11.3 Å². The normalized spacial score (nSPS) is 35.3. The van der Waals surface area contributed by atoms with Gasteiger partial charge in [-0.15, -0.1) is 0 Å². The van der Waals surface area contributed by atoms with Crippen LogP contribution in [0.25, 0.3) is 0 Å². The van der Waals surface area contributed by atoms with E-state index < -0.39 is 0 Å². The van der Waals surface area contributed by atoms with Gasteiger partial charge < -0.3 is 4.79 Å². The largest absolute Gasteiger partial charge is 0.303 e. The number of carbonyl (C=O) groups is 1. The Morgan fingerprint density at radius 2 is 2.12 bits per heavy atom. The van der Waals surface area contributed by atoms with Crippen molar-refractivity contribution in [3.63, 3.8) is 0 Å². The molecule has 0 aromatic carbocycles. The number of aldehydes is 1. The van der Waals surface area contributed by atoms with Crippen molar-refractivity contribution in [1.29, 1.82) is 0 Å². The lowest BCUT2D eigenvalue weighted by Gasteiger charge is -2.39. The molecule has 2 nitrogen and oxygen atoms in total. The lowest BCUT2D eigenvalue weighted by atomic mass is 9.70. The van der Waals surface area contributed by atoms with Crippen molar-refractivity contribution in [3.05, 3.63) is 0 Å². The van der Waals surface area contributed by atoms with E-state index in [9.17, 15) is 4.79 Å². The summed E-state index contributed by atoms with van der Waals surface area (Å²) >= 11 is 0. The van der Waals surface area contributed by atoms with Crippen LogP contribution in [0.15, 0.2) is 0 Å². The Morgan fingerprint density at radius 3 is 2.62 bits per heavy atom. The van der Waals surface area contributed by atoms with Gasteiger partial charge in [0.2, 0.25) is 0 Å². The SMILES string of the molecule is CCN(CC1(C=O)CCCC(C)C1)C1CC1. The van der Waals surface area contributed by atoms with E-state index in [0.717, 1.165) is 37.9 Å².